The van der Waals surface area contributed by atoms with E-state index in [1.54, 1.807) is 6.20 Å². The van der Waals surface area contributed by atoms with Gasteiger partial charge in [0.15, 0.2) is 5.65 Å². The Morgan fingerprint density at radius 1 is 1.28 bits per heavy atom. The number of piperazine rings is 1. The molecule has 2 unspecified atom stereocenters. The first-order chi connectivity index (χ1) is 8.63. The molecule has 3 heterocycles. The van der Waals surface area contributed by atoms with Crippen molar-refractivity contribution in [2.45, 2.75) is 25.9 Å². The smallest absolute Gasteiger partial charge is 0.154 e. The van der Waals surface area contributed by atoms with Crippen molar-refractivity contribution in [1.29, 1.82) is 0 Å². The number of aromatic nitrogens is 3. The highest BCUT2D eigenvalue weighted by molar-refractivity contribution is 9.10. The molecule has 3 rings (SSSR count). The molecule has 2 aromatic heterocycles. The molecule has 1 N–H and O–H groups in total. The average Bonchev–Trinajstić information content (AvgIpc) is 2.69. The molecule has 2 aromatic rings. The van der Waals surface area contributed by atoms with Crippen molar-refractivity contribution in [2.75, 3.05) is 18.0 Å². The van der Waals surface area contributed by atoms with Gasteiger partial charge in [0.05, 0.1) is 6.20 Å². The molecule has 6 heteroatoms. The molecule has 0 radical (unpaired) electrons. The van der Waals surface area contributed by atoms with Crippen molar-refractivity contribution >= 4 is 27.4 Å². The maximum absolute atomic E-state index is 4.63. The van der Waals surface area contributed by atoms with Crippen molar-refractivity contribution in [1.82, 2.24) is 19.9 Å². The molecule has 1 fully saturated rings. The molecule has 5 nitrogen and oxygen atoms in total. The number of hydrogen-bond acceptors (Lipinski definition) is 4. The molecule has 0 bridgehead atoms. The second-order valence-corrected chi connectivity index (χ2v) is 5.73. The highest BCUT2D eigenvalue weighted by Gasteiger charge is 2.22. The van der Waals surface area contributed by atoms with Crippen molar-refractivity contribution in [2.24, 2.45) is 0 Å². The fourth-order valence-corrected chi connectivity index (χ4v) is 2.88. The first-order valence-electron chi connectivity index (χ1n) is 6.15. The summed E-state index contributed by atoms with van der Waals surface area (Å²) in [4.78, 5) is 6.57. The minimum absolute atomic E-state index is 0.484. The van der Waals surface area contributed by atoms with E-state index in [2.05, 4.69) is 50.1 Å². The van der Waals surface area contributed by atoms with Crippen LogP contribution in [0.3, 0.4) is 0 Å². The molecule has 0 aromatic carbocycles. The predicted molar refractivity (Wildman–Crippen MR) is 75.0 cm³/mol. The van der Waals surface area contributed by atoms with Crippen LogP contribution in [0.5, 0.6) is 0 Å². The summed E-state index contributed by atoms with van der Waals surface area (Å²) in [5.41, 5.74) is 0.863. The summed E-state index contributed by atoms with van der Waals surface area (Å²) in [7, 11) is 0. The minimum Gasteiger partial charge on any atom is -0.352 e. The Balaban J connectivity index is 1.95. The average molecular weight is 310 g/mol. The summed E-state index contributed by atoms with van der Waals surface area (Å²) < 4.78 is 2.71. The third-order valence-corrected chi connectivity index (χ3v) is 3.73. The second-order valence-electron chi connectivity index (χ2n) is 4.92. The largest absolute Gasteiger partial charge is 0.352 e. The van der Waals surface area contributed by atoms with Crippen LogP contribution in [0.1, 0.15) is 13.8 Å². The van der Waals surface area contributed by atoms with E-state index in [9.17, 15) is 0 Å². The van der Waals surface area contributed by atoms with E-state index in [-0.39, 0.29) is 0 Å². The zero-order valence-electron chi connectivity index (χ0n) is 10.5. The summed E-state index contributed by atoms with van der Waals surface area (Å²) in [6.45, 7) is 6.37. The van der Waals surface area contributed by atoms with Crippen LogP contribution in [0, 0.1) is 0 Å². The van der Waals surface area contributed by atoms with E-state index >= 15 is 0 Å². The van der Waals surface area contributed by atoms with E-state index in [0.29, 0.717) is 12.1 Å². The topological polar surface area (TPSA) is 45.5 Å². The Bertz CT molecular complexity index is 557. The second kappa shape index (κ2) is 4.51. The molecule has 96 valence electrons. The Labute approximate surface area is 114 Å². The van der Waals surface area contributed by atoms with Crippen LogP contribution in [-0.2, 0) is 0 Å². The number of halogens is 1. The molecule has 0 saturated carbocycles. The van der Waals surface area contributed by atoms with Crippen LogP contribution in [0.2, 0.25) is 0 Å². The molecule has 18 heavy (non-hydrogen) atoms. The fraction of sp³-hybridized carbons (Fsp3) is 0.500. The van der Waals surface area contributed by atoms with E-state index in [0.717, 1.165) is 29.2 Å². The van der Waals surface area contributed by atoms with Crippen LogP contribution in [0.25, 0.3) is 5.65 Å². The minimum atomic E-state index is 0.484. The van der Waals surface area contributed by atoms with Crippen molar-refractivity contribution in [3.63, 3.8) is 0 Å². The lowest BCUT2D eigenvalue weighted by Gasteiger charge is -2.36. The van der Waals surface area contributed by atoms with Crippen LogP contribution < -0.4 is 10.2 Å². The Morgan fingerprint density at radius 3 is 2.72 bits per heavy atom. The number of fused-ring (bicyclic) bond motifs is 1. The number of hydrogen-bond donors (Lipinski definition) is 1. The molecule has 0 spiro atoms. The highest BCUT2D eigenvalue weighted by Crippen LogP contribution is 2.18. The number of imidazole rings is 1. The van der Waals surface area contributed by atoms with Crippen molar-refractivity contribution < 1.29 is 0 Å². The number of anilines is 1. The standard InChI is InChI=1S/C12H16BrN5/c1-8-6-17(7-9(2)15-8)12-4-3-11-14-5-10(13)18(11)16-12/h3-5,8-9,15H,6-7H2,1-2H3. The van der Waals surface area contributed by atoms with Gasteiger partial charge in [-0.05, 0) is 41.9 Å². The van der Waals surface area contributed by atoms with Crippen LogP contribution in [-0.4, -0.2) is 39.8 Å². The van der Waals surface area contributed by atoms with Gasteiger partial charge in [-0.15, -0.1) is 5.10 Å². The molecule has 2 atom stereocenters. The first-order valence-corrected chi connectivity index (χ1v) is 6.94. The summed E-state index contributed by atoms with van der Waals surface area (Å²) >= 11 is 3.46. The quantitative estimate of drug-likeness (QED) is 0.870. The van der Waals surface area contributed by atoms with Gasteiger partial charge >= 0.3 is 0 Å². The summed E-state index contributed by atoms with van der Waals surface area (Å²) in [6, 6.07) is 5.01. The number of nitrogens with one attached hydrogen (secondary N) is 1. The maximum atomic E-state index is 4.63. The van der Waals surface area contributed by atoms with Crippen molar-refractivity contribution in [3.05, 3.63) is 22.9 Å². The molecular weight excluding hydrogens is 294 g/mol. The Hall–Kier alpha value is -1.14. The molecule has 0 aliphatic carbocycles. The number of nitrogens with zero attached hydrogens (tertiary/aromatic N) is 4. The van der Waals surface area contributed by atoms with Crippen LogP contribution >= 0.6 is 15.9 Å². The van der Waals surface area contributed by atoms with E-state index in [1.165, 1.54) is 0 Å². The monoisotopic (exact) mass is 309 g/mol. The van der Waals surface area contributed by atoms with Gasteiger partial charge in [-0.25, -0.2) is 9.50 Å². The van der Waals surface area contributed by atoms with E-state index in [1.807, 2.05) is 16.6 Å². The molecule has 1 saturated heterocycles. The maximum Gasteiger partial charge on any atom is 0.154 e. The first kappa shape index (κ1) is 11.9. The van der Waals surface area contributed by atoms with E-state index < -0.39 is 0 Å². The zero-order valence-corrected chi connectivity index (χ0v) is 12.1. The highest BCUT2D eigenvalue weighted by atomic mass is 79.9. The third-order valence-electron chi connectivity index (χ3n) is 3.19. The van der Waals surface area contributed by atoms with E-state index in [4.69, 9.17) is 0 Å². The lowest BCUT2D eigenvalue weighted by atomic mass is 10.1. The fourth-order valence-electron chi connectivity index (χ4n) is 2.52. The lowest BCUT2D eigenvalue weighted by Crippen LogP contribution is -2.54. The Kier molecular flexibility index (Phi) is 2.99. The van der Waals surface area contributed by atoms with Gasteiger partial charge in [0.2, 0.25) is 0 Å². The van der Waals surface area contributed by atoms with Gasteiger partial charge in [-0.1, -0.05) is 0 Å². The molecule has 1 aliphatic heterocycles. The third kappa shape index (κ3) is 2.10. The molecule has 0 amide bonds. The molecule has 1 aliphatic rings. The summed E-state index contributed by atoms with van der Waals surface area (Å²) in [6.07, 6.45) is 1.77. The van der Waals surface area contributed by atoms with Gasteiger partial charge in [-0.3, -0.25) is 0 Å². The van der Waals surface area contributed by atoms with Crippen LogP contribution in [0.15, 0.2) is 22.9 Å². The lowest BCUT2D eigenvalue weighted by molar-refractivity contribution is 0.404. The van der Waals surface area contributed by atoms with Gasteiger partial charge in [0.25, 0.3) is 0 Å². The summed E-state index contributed by atoms with van der Waals surface area (Å²) in [5, 5.41) is 8.16. The normalized spacial score (nSPS) is 24.7. The van der Waals surface area contributed by atoms with Gasteiger partial charge in [0, 0.05) is 25.2 Å². The van der Waals surface area contributed by atoms with Crippen LogP contribution in [0.4, 0.5) is 5.82 Å². The van der Waals surface area contributed by atoms with Crippen molar-refractivity contribution in [3.8, 4) is 0 Å². The zero-order chi connectivity index (χ0) is 12.7. The summed E-state index contributed by atoms with van der Waals surface area (Å²) in [5.74, 6) is 1.00. The number of rotatable bonds is 1. The van der Waals surface area contributed by atoms with Gasteiger partial charge in [0.1, 0.15) is 10.4 Å². The predicted octanol–water partition coefficient (Wildman–Crippen LogP) is 1.68. The van der Waals surface area contributed by atoms with Gasteiger partial charge in [-0.2, -0.15) is 0 Å². The Morgan fingerprint density at radius 2 is 2.00 bits per heavy atom. The molecular formula is C12H16BrN5. The van der Waals surface area contributed by atoms with Gasteiger partial charge < -0.3 is 10.2 Å². The SMILES string of the molecule is CC1CN(c2ccc3ncc(Br)n3n2)CC(C)N1.